The minimum Gasteiger partial charge on any atom is -0.338 e. The lowest BCUT2D eigenvalue weighted by Crippen LogP contribution is -2.36. The van der Waals surface area contributed by atoms with E-state index in [2.05, 4.69) is 43.5 Å². The summed E-state index contributed by atoms with van der Waals surface area (Å²) in [4.78, 5) is 11.8. The number of carbonyl (C=O) groups is 1. The van der Waals surface area contributed by atoms with Gasteiger partial charge in [-0.05, 0) is 43.9 Å². The molecule has 0 spiro atoms. The van der Waals surface area contributed by atoms with Crippen molar-refractivity contribution in [3.8, 4) is 0 Å². The molecular weight excluding hydrogens is 284 g/mol. The number of rotatable bonds is 6. The van der Waals surface area contributed by atoms with Gasteiger partial charge in [-0.15, -0.1) is 0 Å². The molecule has 1 rings (SSSR count). The maximum absolute atomic E-state index is 11.8. The SMILES string of the molecule is Cc1cc(C)c(CNC(=O)NCCC(C)S(C)=O)c(C)c1. The fourth-order valence-corrected chi connectivity index (χ4v) is 2.72. The molecule has 21 heavy (non-hydrogen) atoms. The van der Waals surface area contributed by atoms with E-state index in [0.717, 1.165) is 6.42 Å². The van der Waals surface area contributed by atoms with Gasteiger partial charge >= 0.3 is 6.03 Å². The number of amides is 2. The van der Waals surface area contributed by atoms with Crippen LogP contribution in [0.15, 0.2) is 12.1 Å². The third-order valence-corrected chi connectivity index (χ3v) is 5.04. The zero-order valence-electron chi connectivity index (χ0n) is 13.6. The summed E-state index contributed by atoms with van der Waals surface area (Å²) in [6.45, 7) is 9.19. The Bertz CT molecular complexity index is 506. The molecule has 0 aromatic heterocycles. The molecule has 1 aromatic rings. The highest BCUT2D eigenvalue weighted by molar-refractivity contribution is 7.84. The summed E-state index contributed by atoms with van der Waals surface area (Å²) in [7, 11) is -0.839. The Labute approximate surface area is 130 Å². The van der Waals surface area contributed by atoms with Crippen molar-refractivity contribution in [2.24, 2.45) is 0 Å². The van der Waals surface area contributed by atoms with Crippen molar-refractivity contribution >= 4 is 16.8 Å². The van der Waals surface area contributed by atoms with Gasteiger partial charge in [0.05, 0.1) is 0 Å². The molecule has 0 aliphatic carbocycles. The first-order valence-corrected chi connectivity index (χ1v) is 8.84. The predicted octanol–water partition coefficient (Wildman–Crippen LogP) is 2.57. The smallest absolute Gasteiger partial charge is 0.315 e. The number of aryl methyl sites for hydroxylation is 3. The molecular formula is C16H26N2O2S. The zero-order chi connectivity index (χ0) is 16.0. The normalized spacial score (nSPS) is 13.6. The van der Waals surface area contributed by atoms with Crippen molar-refractivity contribution in [2.75, 3.05) is 12.8 Å². The highest BCUT2D eigenvalue weighted by Crippen LogP contribution is 2.15. The van der Waals surface area contributed by atoms with E-state index in [9.17, 15) is 9.00 Å². The average molecular weight is 310 g/mol. The molecule has 2 atom stereocenters. The second-order valence-corrected chi connectivity index (χ2v) is 7.39. The molecule has 118 valence electrons. The molecule has 2 unspecified atom stereocenters. The van der Waals surface area contributed by atoms with E-state index in [1.807, 2.05) is 6.92 Å². The first-order chi connectivity index (χ1) is 9.81. The summed E-state index contributed by atoms with van der Waals surface area (Å²) in [6, 6.07) is 4.07. The van der Waals surface area contributed by atoms with E-state index in [-0.39, 0.29) is 11.3 Å². The van der Waals surface area contributed by atoms with Crippen molar-refractivity contribution < 1.29 is 9.00 Å². The highest BCUT2D eigenvalue weighted by Gasteiger charge is 2.08. The zero-order valence-corrected chi connectivity index (χ0v) is 14.4. The minimum atomic E-state index is -0.839. The standard InChI is InChI=1S/C16H26N2O2S/c1-11-8-12(2)15(13(3)9-11)10-18-16(19)17-7-6-14(4)21(5)20/h8-9,14H,6-7,10H2,1-5H3,(H2,17,18,19). The lowest BCUT2D eigenvalue weighted by molar-refractivity contribution is 0.240. The molecule has 0 aliphatic heterocycles. The van der Waals surface area contributed by atoms with Crippen molar-refractivity contribution in [1.29, 1.82) is 0 Å². The number of nitrogens with one attached hydrogen (secondary N) is 2. The van der Waals surface area contributed by atoms with E-state index < -0.39 is 10.8 Å². The Kier molecular flexibility index (Phi) is 6.89. The van der Waals surface area contributed by atoms with Crippen molar-refractivity contribution in [3.63, 3.8) is 0 Å². The quantitative estimate of drug-likeness (QED) is 0.848. The third kappa shape index (κ3) is 5.87. The molecule has 0 bridgehead atoms. The van der Waals surface area contributed by atoms with E-state index in [1.54, 1.807) is 6.26 Å². The van der Waals surface area contributed by atoms with Gasteiger partial charge in [-0.25, -0.2) is 4.79 Å². The van der Waals surface area contributed by atoms with Crippen LogP contribution in [-0.2, 0) is 17.3 Å². The maximum Gasteiger partial charge on any atom is 0.315 e. The molecule has 1 aromatic carbocycles. The van der Waals surface area contributed by atoms with Crippen molar-refractivity contribution in [3.05, 3.63) is 34.4 Å². The molecule has 0 radical (unpaired) electrons. The van der Waals surface area contributed by atoms with Gasteiger partial charge in [0.2, 0.25) is 0 Å². The Morgan fingerprint density at radius 1 is 1.19 bits per heavy atom. The van der Waals surface area contributed by atoms with E-state index in [1.165, 1.54) is 22.3 Å². The van der Waals surface area contributed by atoms with Crippen LogP contribution in [0.2, 0.25) is 0 Å². The van der Waals surface area contributed by atoms with Gasteiger partial charge in [0.1, 0.15) is 0 Å². The first-order valence-electron chi connectivity index (χ1n) is 7.22. The lowest BCUT2D eigenvalue weighted by Gasteiger charge is -2.13. The summed E-state index contributed by atoms with van der Waals surface area (Å²) < 4.78 is 11.2. The van der Waals surface area contributed by atoms with Gasteiger partial charge < -0.3 is 10.6 Å². The van der Waals surface area contributed by atoms with E-state index >= 15 is 0 Å². The molecule has 4 nitrogen and oxygen atoms in total. The second kappa shape index (κ2) is 8.17. The Hall–Kier alpha value is -1.36. The lowest BCUT2D eigenvalue weighted by atomic mass is 10.00. The highest BCUT2D eigenvalue weighted by atomic mass is 32.2. The topological polar surface area (TPSA) is 58.2 Å². The van der Waals surface area contributed by atoms with Gasteiger partial charge in [-0.2, -0.15) is 0 Å². The summed E-state index contributed by atoms with van der Waals surface area (Å²) >= 11 is 0. The maximum atomic E-state index is 11.8. The molecule has 5 heteroatoms. The van der Waals surface area contributed by atoms with Gasteiger partial charge in [0.25, 0.3) is 0 Å². The van der Waals surface area contributed by atoms with Crippen LogP contribution in [0, 0.1) is 20.8 Å². The monoisotopic (exact) mass is 310 g/mol. The number of hydrogen-bond donors (Lipinski definition) is 2. The summed E-state index contributed by atoms with van der Waals surface area (Å²) in [5.74, 6) is 0. The fourth-order valence-electron chi connectivity index (χ4n) is 2.27. The van der Waals surface area contributed by atoms with Crippen LogP contribution in [0.1, 0.15) is 35.6 Å². The van der Waals surface area contributed by atoms with Gasteiger partial charge in [-0.3, -0.25) is 4.21 Å². The molecule has 2 amide bonds. The number of carbonyl (C=O) groups excluding carboxylic acids is 1. The summed E-state index contributed by atoms with van der Waals surface area (Å²) in [5.41, 5.74) is 4.80. The number of hydrogen-bond acceptors (Lipinski definition) is 2. The van der Waals surface area contributed by atoms with Gasteiger partial charge in [0, 0.05) is 35.4 Å². The van der Waals surface area contributed by atoms with Gasteiger partial charge in [0.15, 0.2) is 0 Å². The molecule has 0 aliphatic rings. The Morgan fingerprint density at radius 2 is 1.76 bits per heavy atom. The first kappa shape index (κ1) is 17.7. The van der Waals surface area contributed by atoms with Crippen LogP contribution >= 0.6 is 0 Å². The van der Waals surface area contributed by atoms with Crippen molar-refractivity contribution in [2.45, 2.75) is 45.9 Å². The molecule has 0 heterocycles. The van der Waals surface area contributed by atoms with Gasteiger partial charge in [-0.1, -0.05) is 24.6 Å². The van der Waals surface area contributed by atoms with Crippen LogP contribution in [-0.4, -0.2) is 28.3 Å². The molecule has 0 saturated heterocycles. The number of urea groups is 1. The average Bonchev–Trinajstić information content (AvgIpc) is 2.37. The van der Waals surface area contributed by atoms with Crippen LogP contribution in [0.4, 0.5) is 4.79 Å². The van der Waals surface area contributed by atoms with Crippen LogP contribution < -0.4 is 10.6 Å². The number of benzene rings is 1. The van der Waals surface area contributed by atoms with Crippen molar-refractivity contribution in [1.82, 2.24) is 10.6 Å². The largest absolute Gasteiger partial charge is 0.338 e. The van der Waals surface area contributed by atoms with E-state index in [0.29, 0.717) is 13.1 Å². The predicted molar refractivity (Wildman–Crippen MR) is 89.0 cm³/mol. The van der Waals surface area contributed by atoms with Crippen LogP contribution in [0.5, 0.6) is 0 Å². The van der Waals surface area contributed by atoms with E-state index in [4.69, 9.17) is 0 Å². The minimum absolute atomic E-state index is 0.104. The molecule has 0 fully saturated rings. The Balaban J connectivity index is 2.42. The van der Waals surface area contributed by atoms with Crippen LogP contribution in [0.3, 0.4) is 0 Å². The fraction of sp³-hybridized carbons (Fsp3) is 0.562. The molecule has 0 saturated carbocycles. The summed E-state index contributed by atoms with van der Waals surface area (Å²) in [5, 5.41) is 5.79. The molecule has 2 N–H and O–H groups in total. The van der Waals surface area contributed by atoms with Crippen LogP contribution in [0.25, 0.3) is 0 Å². The Morgan fingerprint density at radius 3 is 2.29 bits per heavy atom. The second-order valence-electron chi connectivity index (χ2n) is 5.58. The third-order valence-electron chi connectivity index (χ3n) is 3.67. The summed E-state index contributed by atoms with van der Waals surface area (Å²) in [6.07, 6.45) is 2.41.